The van der Waals surface area contributed by atoms with Crippen LogP contribution >= 0.6 is 11.6 Å². The van der Waals surface area contributed by atoms with Crippen molar-refractivity contribution < 1.29 is 4.79 Å². The molecule has 30 heavy (non-hydrogen) atoms. The predicted octanol–water partition coefficient (Wildman–Crippen LogP) is 5.34. The Morgan fingerprint density at radius 1 is 0.833 bits per heavy atom. The zero-order valence-electron chi connectivity index (χ0n) is 16.5. The number of nitrogens with zero attached hydrogens (tertiary/aromatic N) is 4. The highest BCUT2D eigenvalue weighted by molar-refractivity contribution is 6.30. The van der Waals surface area contributed by atoms with Gasteiger partial charge in [0.05, 0.1) is 23.8 Å². The summed E-state index contributed by atoms with van der Waals surface area (Å²) in [6.07, 6.45) is 8.98. The largest absolute Gasteiger partial charge is 0.339 e. The van der Waals surface area contributed by atoms with Crippen LogP contribution in [0.5, 0.6) is 0 Å². The summed E-state index contributed by atoms with van der Waals surface area (Å²) in [4.78, 5) is 23.7. The first-order valence-electron chi connectivity index (χ1n) is 10.2. The molecule has 0 N–H and O–H groups in total. The van der Waals surface area contributed by atoms with E-state index in [1.807, 2.05) is 70.2 Å². The van der Waals surface area contributed by atoms with Gasteiger partial charge in [-0.3, -0.25) is 14.2 Å². The van der Waals surface area contributed by atoms with E-state index in [-0.39, 0.29) is 5.91 Å². The van der Waals surface area contributed by atoms with Crippen LogP contribution in [0.2, 0.25) is 5.02 Å². The topological polar surface area (TPSA) is 50.5 Å². The number of likely N-dealkylation sites (tertiary alicyclic amines) is 1. The SMILES string of the molecule is O=C(c1ccc(-c2cn3c(-c4ccc(Cl)cc4)cnc3cn2)cc1)N1CCCCC1. The Bertz CT molecular complexity index is 1190. The number of carbonyl (C=O) groups excluding carboxylic acids is 1. The van der Waals surface area contributed by atoms with E-state index in [4.69, 9.17) is 11.6 Å². The Balaban J connectivity index is 1.45. The van der Waals surface area contributed by atoms with Gasteiger partial charge in [0.25, 0.3) is 5.91 Å². The van der Waals surface area contributed by atoms with Crippen LogP contribution in [0.25, 0.3) is 28.2 Å². The first-order chi connectivity index (χ1) is 14.7. The molecule has 2 aromatic carbocycles. The molecule has 4 aromatic rings. The Labute approximate surface area is 180 Å². The molecule has 6 heteroatoms. The first-order valence-corrected chi connectivity index (χ1v) is 10.6. The van der Waals surface area contributed by atoms with Crippen molar-refractivity contribution in [1.82, 2.24) is 19.3 Å². The summed E-state index contributed by atoms with van der Waals surface area (Å²) in [6, 6.07) is 15.4. The number of hydrogen-bond acceptors (Lipinski definition) is 3. The van der Waals surface area contributed by atoms with E-state index in [1.165, 1.54) is 6.42 Å². The average Bonchev–Trinajstić information content (AvgIpc) is 3.23. The van der Waals surface area contributed by atoms with Crippen molar-refractivity contribution in [1.29, 1.82) is 0 Å². The zero-order valence-corrected chi connectivity index (χ0v) is 17.2. The fourth-order valence-electron chi connectivity index (χ4n) is 3.94. The molecular formula is C24H21ClN4O. The molecule has 1 amide bonds. The van der Waals surface area contributed by atoms with Crippen LogP contribution in [0, 0.1) is 0 Å². The zero-order chi connectivity index (χ0) is 20.5. The predicted molar refractivity (Wildman–Crippen MR) is 119 cm³/mol. The minimum absolute atomic E-state index is 0.115. The molecule has 1 aliphatic rings. The minimum atomic E-state index is 0.115. The number of halogens is 1. The number of imidazole rings is 1. The van der Waals surface area contributed by atoms with Crippen LogP contribution < -0.4 is 0 Å². The molecule has 0 atom stereocenters. The molecule has 3 heterocycles. The minimum Gasteiger partial charge on any atom is -0.339 e. The second kappa shape index (κ2) is 7.92. The maximum atomic E-state index is 12.7. The van der Waals surface area contributed by atoms with Crippen LogP contribution in [-0.2, 0) is 0 Å². The molecule has 0 aliphatic carbocycles. The quantitative estimate of drug-likeness (QED) is 0.452. The molecule has 0 radical (unpaired) electrons. The molecule has 2 aromatic heterocycles. The van der Waals surface area contributed by atoms with Gasteiger partial charge in [0, 0.05) is 41.0 Å². The molecule has 1 saturated heterocycles. The van der Waals surface area contributed by atoms with Crippen molar-refractivity contribution in [2.75, 3.05) is 13.1 Å². The lowest BCUT2D eigenvalue weighted by atomic mass is 10.1. The highest BCUT2D eigenvalue weighted by Gasteiger charge is 2.18. The van der Waals surface area contributed by atoms with Crippen molar-refractivity contribution >= 4 is 23.2 Å². The molecule has 5 nitrogen and oxygen atoms in total. The average molecular weight is 417 g/mol. The van der Waals surface area contributed by atoms with Crippen LogP contribution in [0.3, 0.4) is 0 Å². The standard InChI is InChI=1S/C24H21ClN4O/c25-20-10-8-18(9-11-20)22-14-27-23-15-26-21(16-29(22)23)17-4-6-19(7-5-17)24(30)28-12-2-1-3-13-28/h4-11,14-16H,1-3,12-13H2. The van der Waals surface area contributed by atoms with E-state index < -0.39 is 0 Å². The monoisotopic (exact) mass is 416 g/mol. The third kappa shape index (κ3) is 3.57. The molecule has 0 saturated carbocycles. The molecule has 0 bridgehead atoms. The van der Waals surface area contributed by atoms with Gasteiger partial charge >= 0.3 is 0 Å². The Hall–Kier alpha value is -3.18. The molecule has 1 fully saturated rings. The Kier molecular flexibility index (Phi) is 4.97. The Morgan fingerprint density at radius 3 is 2.27 bits per heavy atom. The molecule has 5 rings (SSSR count). The second-order valence-corrected chi connectivity index (χ2v) is 8.02. The summed E-state index contributed by atoms with van der Waals surface area (Å²) >= 11 is 6.02. The highest BCUT2D eigenvalue weighted by Crippen LogP contribution is 2.25. The number of piperidine rings is 1. The van der Waals surface area contributed by atoms with Crippen LogP contribution in [0.1, 0.15) is 29.6 Å². The van der Waals surface area contributed by atoms with Crippen molar-refractivity contribution in [3.05, 3.63) is 77.7 Å². The lowest BCUT2D eigenvalue weighted by molar-refractivity contribution is 0.0724. The van der Waals surface area contributed by atoms with Gasteiger partial charge in [-0.25, -0.2) is 4.98 Å². The summed E-state index contributed by atoms with van der Waals surface area (Å²) in [5.74, 6) is 0.115. The van der Waals surface area contributed by atoms with E-state index in [2.05, 4.69) is 9.97 Å². The van der Waals surface area contributed by atoms with Gasteiger partial charge in [0.15, 0.2) is 5.65 Å². The van der Waals surface area contributed by atoms with E-state index in [0.717, 1.165) is 59.7 Å². The van der Waals surface area contributed by atoms with Crippen molar-refractivity contribution in [2.24, 2.45) is 0 Å². The van der Waals surface area contributed by atoms with Gasteiger partial charge in [-0.1, -0.05) is 35.9 Å². The normalized spacial score (nSPS) is 14.2. The first kappa shape index (κ1) is 18.8. The fraction of sp³-hybridized carbons (Fsp3) is 0.208. The smallest absolute Gasteiger partial charge is 0.253 e. The molecular weight excluding hydrogens is 396 g/mol. The lowest BCUT2D eigenvalue weighted by Gasteiger charge is -2.26. The number of amides is 1. The number of aromatic nitrogens is 3. The number of rotatable bonds is 3. The van der Waals surface area contributed by atoms with Gasteiger partial charge < -0.3 is 4.90 Å². The maximum Gasteiger partial charge on any atom is 0.253 e. The molecule has 0 spiro atoms. The maximum absolute atomic E-state index is 12.7. The Morgan fingerprint density at radius 2 is 1.53 bits per heavy atom. The third-order valence-corrected chi connectivity index (χ3v) is 5.86. The number of carbonyl (C=O) groups is 1. The van der Waals surface area contributed by atoms with Crippen molar-refractivity contribution in [2.45, 2.75) is 19.3 Å². The molecule has 1 aliphatic heterocycles. The van der Waals surface area contributed by atoms with Crippen LogP contribution in [-0.4, -0.2) is 38.3 Å². The second-order valence-electron chi connectivity index (χ2n) is 7.58. The van der Waals surface area contributed by atoms with Crippen LogP contribution in [0.15, 0.2) is 67.1 Å². The number of benzene rings is 2. The third-order valence-electron chi connectivity index (χ3n) is 5.61. The van der Waals surface area contributed by atoms with E-state index in [9.17, 15) is 4.79 Å². The summed E-state index contributed by atoms with van der Waals surface area (Å²) < 4.78 is 2.03. The summed E-state index contributed by atoms with van der Waals surface area (Å²) in [5, 5.41) is 0.703. The van der Waals surface area contributed by atoms with Crippen molar-refractivity contribution in [3.8, 4) is 22.5 Å². The van der Waals surface area contributed by atoms with Gasteiger partial charge in [0.1, 0.15) is 0 Å². The molecule has 0 unspecified atom stereocenters. The van der Waals surface area contributed by atoms with Crippen molar-refractivity contribution in [3.63, 3.8) is 0 Å². The van der Waals surface area contributed by atoms with E-state index in [0.29, 0.717) is 5.02 Å². The molecule has 150 valence electrons. The van der Waals surface area contributed by atoms with Gasteiger partial charge in [0.2, 0.25) is 0 Å². The summed E-state index contributed by atoms with van der Waals surface area (Å²) in [5.41, 5.74) is 5.30. The van der Waals surface area contributed by atoms with Crippen LogP contribution in [0.4, 0.5) is 0 Å². The number of fused-ring (bicyclic) bond motifs is 1. The van der Waals surface area contributed by atoms with Gasteiger partial charge in [-0.05, 0) is 43.5 Å². The fourth-order valence-corrected chi connectivity index (χ4v) is 4.06. The van der Waals surface area contributed by atoms with Gasteiger partial charge in [-0.15, -0.1) is 0 Å². The lowest BCUT2D eigenvalue weighted by Crippen LogP contribution is -2.35. The summed E-state index contributed by atoms with van der Waals surface area (Å²) in [7, 11) is 0. The number of hydrogen-bond donors (Lipinski definition) is 0. The highest BCUT2D eigenvalue weighted by atomic mass is 35.5. The summed E-state index contributed by atoms with van der Waals surface area (Å²) in [6.45, 7) is 1.71. The van der Waals surface area contributed by atoms with Gasteiger partial charge in [-0.2, -0.15) is 0 Å². The van der Waals surface area contributed by atoms with E-state index >= 15 is 0 Å². The van der Waals surface area contributed by atoms with E-state index in [1.54, 1.807) is 6.20 Å².